The van der Waals surface area contributed by atoms with Gasteiger partial charge < -0.3 is 15.8 Å². The highest BCUT2D eigenvalue weighted by Gasteiger charge is 2.21. The number of amides is 1. The molecule has 4 rings (SSSR count). The Balaban J connectivity index is 1.65. The Morgan fingerprint density at radius 1 is 1.05 bits per heavy atom. The summed E-state index contributed by atoms with van der Waals surface area (Å²) < 4.78 is 61.6. The number of pyridine rings is 1. The molecule has 4 N–H and O–H groups in total. The van der Waals surface area contributed by atoms with Crippen LogP contribution in [0, 0.1) is 11.6 Å². The van der Waals surface area contributed by atoms with Gasteiger partial charge in [-0.15, -0.1) is 0 Å². The Morgan fingerprint density at radius 3 is 2.35 bits per heavy atom. The van der Waals surface area contributed by atoms with Gasteiger partial charge in [-0.2, -0.15) is 0 Å². The van der Waals surface area contributed by atoms with Gasteiger partial charge in [0.1, 0.15) is 17.1 Å². The third-order valence-electron chi connectivity index (χ3n) is 5.85. The molecule has 4 aromatic rings. The number of carbonyl (C=O) groups excluding carboxylic acids is 1. The second-order valence-electron chi connectivity index (χ2n) is 9.49. The van der Waals surface area contributed by atoms with E-state index in [2.05, 4.69) is 15.0 Å². The van der Waals surface area contributed by atoms with Crippen molar-refractivity contribution in [3.63, 3.8) is 0 Å². The molecule has 2 aromatic carbocycles. The molecule has 0 unspecified atom stereocenters. The first-order valence-electron chi connectivity index (χ1n) is 12.6. The first-order valence-corrected chi connectivity index (χ1v) is 14.5. The number of nitrogens with one attached hydrogen (secondary N) is 2. The molecule has 43 heavy (non-hydrogen) atoms. The van der Waals surface area contributed by atoms with Crippen LogP contribution in [0.5, 0.6) is 11.5 Å². The maximum atomic E-state index is 15.1. The number of nitrogens with zero attached hydrogens (tertiary/aromatic N) is 3. The van der Waals surface area contributed by atoms with Gasteiger partial charge in [0.15, 0.2) is 17.3 Å². The zero-order valence-electron chi connectivity index (χ0n) is 23.0. The molecule has 2 aromatic heterocycles. The third-order valence-corrected chi connectivity index (χ3v) is 6.45. The Labute approximate surface area is 244 Å². The summed E-state index contributed by atoms with van der Waals surface area (Å²) in [6.07, 6.45) is 5.81. The minimum absolute atomic E-state index is 0.0247. The fourth-order valence-electron chi connectivity index (χ4n) is 3.92. The molecule has 1 amide bonds. The van der Waals surface area contributed by atoms with Crippen LogP contribution >= 0.6 is 0 Å². The van der Waals surface area contributed by atoms with Gasteiger partial charge in [-0.3, -0.25) is 23.9 Å². The summed E-state index contributed by atoms with van der Waals surface area (Å²) in [5.41, 5.74) is 3.58. The smallest absolute Gasteiger partial charge is 0.335 e. The number of aromatic nitrogens is 3. The van der Waals surface area contributed by atoms with Gasteiger partial charge in [0.2, 0.25) is 10.0 Å². The summed E-state index contributed by atoms with van der Waals surface area (Å²) in [7, 11) is -3.63. The average molecular weight is 613 g/mol. The molecular weight excluding hydrogens is 586 g/mol. The fourth-order valence-corrected chi connectivity index (χ4v) is 4.46. The highest BCUT2D eigenvalue weighted by atomic mass is 32.2. The summed E-state index contributed by atoms with van der Waals surface area (Å²) in [6.45, 7) is 3.35. The average Bonchev–Trinajstić information content (AvgIpc) is 2.91. The van der Waals surface area contributed by atoms with Gasteiger partial charge in [-0.1, -0.05) is 0 Å². The maximum absolute atomic E-state index is 15.1. The molecular formula is C28H26F2N6O6S. The minimum Gasteiger partial charge on any atom is -0.452 e. The summed E-state index contributed by atoms with van der Waals surface area (Å²) in [5.74, 6) is -2.75. The number of sulfonamides is 1. The molecule has 0 aliphatic carbocycles. The Hall–Kier alpha value is -5.31. The van der Waals surface area contributed by atoms with Crippen molar-refractivity contribution in [1.29, 1.82) is 0 Å². The van der Waals surface area contributed by atoms with E-state index in [1.807, 2.05) is 0 Å². The van der Waals surface area contributed by atoms with Crippen LogP contribution in [0.25, 0.3) is 11.8 Å². The largest absolute Gasteiger partial charge is 0.452 e. The first kappa shape index (κ1) is 30.6. The maximum Gasteiger partial charge on any atom is 0.335 e. The number of hydrogen-bond donors (Lipinski definition) is 3. The lowest BCUT2D eigenvalue weighted by Crippen LogP contribution is -2.42. The second kappa shape index (κ2) is 12.3. The molecule has 0 aliphatic heterocycles. The quantitative estimate of drug-likeness (QED) is 0.258. The normalized spacial score (nSPS) is 11.6. The van der Waals surface area contributed by atoms with Crippen LogP contribution in [0.3, 0.4) is 0 Å². The molecule has 15 heteroatoms. The number of rotatable bonds is 9. The van der Waals surface area contributed by atoms with E-state index in [1.165, 1.54) is 53.4 Å². The van der Waals surface area contributed by atoms with Gasteiger partial charge in [0.05, 0.1) is 23.8 Å². The summed E-state index contributed by atoms with van der Waals surface area (Å²) >= 11 is 0. The van der Waals surface area contributed by atoms with Crippen molar-refractivity contribution < 1.29 is 26.7 Å². The van der Waals surface area contributed by atoms with E-state index in [0.717, 1.165) is 35.2 Å². The monoisotopic (exact) mass is 612 g/mol. The van der Waals surface area contributed by atoms with Crippen molar-refractivity contribution in [1.82, 2.24) is 14.1 Å². The Morgan fingerprint density at radius 2 is 1.74 bits per heavy atom. The van der Waals surface area contributed by atoms with Crippen molar-refractivity contribution in [3.8, 4) is 17.2 Å². The number of benzene rings is 2. The SMILES string of the molecule is CC(C)n1cc(C(=O)Nc2ccc(Oc3cc(NS(C)(=O)=O)cnc3C=CN)c(F)c2)c(=O)n(-c2ccc(F)cc2)c1=O. The van der Waals surface area contributed by atoms with Gasteiger partial charge >= 0.3 is 5.69 Å². The number of nitrogens with two attached hydrogens (primary N) is 1. The van der Waals surface area contributed by atoms with Gasteiger partial charge in [-0.25, -0.2) is 26.6 Å². The zero-order chi connectivity index (χ0) is 31.5. The predicted octanol–water partition coefficient (Wildman–Crippen LogP) is 3.60. The van der Waals surface area contributed by atoms with Gasteiger partial charge in [-0.05, 0) is 62.5 Å². The number of ether oxygens (including phenoxy) is 1. The highest BCUT2D eigenvalue weighted by Crippen LogP contribution is 2.31. The van der Waals surface area contributed by atoms with E-state index in [1.54, 1.807) is 13.8 Å². The summed E-state index contributed by atoms with van der Waals surface area (Å²) in [5, 5.41) is 2.43. The highest BCUT2D eigenvalue weighted by molar-refractivity contribution is 7.92. The summed E-state index contributed by atoms with van der Waals surface area (Å²) in [6, 6.07) is 8.89. The van der Waals surface area contributed by atoms with Crippen LogP contribution in [0.15, 0.2) is 76.7 Å². The molecule has 0 fully saturated rings. The number of anilines is 2. The lowest BCUT2D eigenvalue weighted by molar-refractivity contribution is 0.102. The molecule has 0 saturated heterocycles. The van der Waals surface area contributed by atoms with Gasteiger partial charge in [0, 0.05) is 30.1 Å². The molecule has 224 valence electrons. The van der Waals surface area contributed by atoms with E-state index in [-0.39, 0.29) is 34.3 Å². The van der Waals surface area contributed by atoms with Gasteiger partial charge in [0.25, 0.3) is 11.5 Å². The lowest BCUT2D eigenvalue weighted by atomic mass is 10.2. The van der Waals surface area contributed by atoms with Crippen molar-refractivity contribution >= 4 is 33.4 Å². The third kappa shape index (κ3) is 7.13. The van der Waals surface area contributed by atoms with E-state index in [9.17, 15) is 27.2 Å². The lowest BCUT2D eigenvalue weighted by Gasteiger charge is -2.16. The molecule has 0 atom stereocenters. The van der Waals surface area contributed by atoms with Crippen LogP contribution in [0.2, 0.25) is 0 Å². The van der Waals surface area contributed by atoms with E-state index >= 15 is 4.39 Å². The molecule has 12 nitrogen and oxygen atoms in total. The fraction of sp³-hybridized carbons (Fsp3) is 0.143. The van der Waals surface area contributed by atoms with Crippen LogP contribution in [-0.2, 0) is 10.0 Å². The Bertz CT molecular complexity index is 1950. The molecule has 2 heterocycles. The zero-order valence-corrected chi connectivity index (χ0v) is 23.9. The van der Waals surface area contributed by atoms with E-state index in [0.29, 0.717) is 0 Å². The molecule has 0 bridgehead atoms. The van der Waals surface area contributed by atoms with Crippen LogP contribution < -0.4 is 31.8 Å². The number of hydrogen-bond acceptors (Lipinski definition) is 8. The van der Waals surface area contributed by atoms with Crippen molar-refractivity contribution in [2.75, 3.05) is 16.3 Å². The number of halogens is 2. The second-order valence-corrected chi connectivity index (χ2v) is 11.2. The van der Waals surface area contributed by atoms with Crippen molar-refractivity contribution in [2.45, 2.75) is 19.9 Å². The van der Waals surface area contributed by atoms with E-state index in [4.69, 9.17) is 10.5 Å². The van der Waals surface area contributed by atoms with Crippen molar-refractivity contribution in [2.24, 2.45) is 5.73 Å². The van der Waals surface area contributed by atoms with Crippen molar-refractivity contribution in [3.05, 3.63) is 111 Å². The van der Waals surface area contributed by atoms with Crippen LogP contribution in [-0.4, -0.2) is 34.7 Å². The molecule has 0 saturated carbocycles. The molecule has 0 aliphatic rings. The topological polar surface area (TPSA) is 167 Å². The van der Waals surface area contributed by atoms with Crippen LogP contribution in [0.1, 0.15) is 35.9 Å². The first-order chi connectivity index (χ1) is 20.3. The standard InChI is InChI=1S/C28H26F2N6O6S/c1-16(2)35-15-21(27(38)36(28(35)39)20-7-4-17(29)5-8-20)26(37)33-18-6-9-24(22(30)12-18)42-25-13-19(34-43(3,40)41)14-32-23(25)10-11-31/h4-16,34H,31H2,1-3H3,(H,33,37). The predicted molar refractivity (Wildman–Crippen MR) is 157 cm³/mol. The number of carbonyl (C=O) groups is 1. The molecule has 0 spiro atoms. The summed E-state index contributed by atoms with van der Waals surface area (Å²) in [4.78, 5) is 43.5. The minimum atomic E-state index is -3.63. The van der Waals surface area contributed by atoms with E-state index < -0.39 is 50.4 Å². The molecule has 0 radical (unpaired) electrons. The van der Waals surface area contributed by atoms with Crippen LogP contribution in [0.4, 0.5) is 20.2 Å². The Kier molecular flexibility index (Phi) is 8.75.